The second kappa shape index (κ2) is 7.56. The van der Waals surface area contributed by atoms with Gasteiger partial charge in [-0.1, -0.05) is 11.6 Å². The highest BCUT2D eigenvalue weighted by Crippen LogP contribution is 2.26. The number of carboxylic acid groups (broad SMARTS) is 1. The Kier molecular flexibility index (Phi) is 6.08. The summed E-state index contributed by atoms with van der Waals surface area (Å²) in [6, 6.07) is 2.75. The molecule has 1 atom stereocenters. The Morgan fingerprint density at radius 1 is 1.45 bits per heavy atom. The molecule has 1 rings (SSSR count). The molecule has 1 aromatic rings. The Morgan fingerprint density at radius 2 is 2.15 bits per heavy atom. The molecule has 0 aliphatic heterocycles. The van der Waals surface area contributed by atoms with Crippen molar-refractivity contribution < 1.29 is 24.5 Å². The number of halogens is 1. The Labute approximate surface area is 120 Å². The summed E-state index contributed by atoms with van der Waals surface area (Å²) in [5, 5.41) is 22.5. The summed E-state index contributed by atoms with van der Waals surface area (Å²) in [6.45, 7) is -0.350. The highest BCUT2D eigenvalue weighted by atomic mass is 35.5. The number of anilines is 1. The first kappa shape index (κ1) is 16.1. The maximum Gasteiger partial charge on any atom is 0.326 e. The largest absolute Gasteiger partial charge is 0.497 e. The van der Waals surface area contributed by atoms with E-state index < -0.39 is 18.0 Å². The SMILES string of the molecule is COc1ccc(Cl)c(NC(=O)NC(CCO)C(=O)O)c1. The highest BCUT2D eigenvalue weighted by molar-refractivity contribution is 6.33. The van der Waals surface area contributed by atoms with Crippen LogP contribution in [-0.4, -0.2) is 42.0 Å². The lowest BCUT2D eigenvalue weighted by Gasteiger charge is -2.15. The number of rotatable bonds is 6. The van der Waals surface area contributed by atoms with E-state index in [9.17, 15) is 9.59 Å². The molecule has 1 aromatic carbocycles. The molecule has 0 spiro atoms. The normalized spacial score (nSPS) is 11.6. The number of aliphatic carboxylic acids is 1. The molecule has 0 aliphatic carbocycles. The van der Waals surface area contributed by atoms with Gasteiger partial charge in [-0.3, -0.25) is 0 Å². The molecule has 0 heterocycles. The zero-order valence-corrected chi connectivity index (χ0v) is 11.5. The van der Waals surface area contributed by atoms with Crippen LogP contribution >= 0.6 is 11.6 Å². The van der Waals surface area contributed by atoms with Crippen molar-refractivity contribution in [2.75, 3.05) is 19.0 Å². The number of hydrogen-bond donors (Lipinski definition) is 4. The number of aliphatic hydroxyl groups is 1. The van der Waals surface area contributed by atoms with E-state index in [1.54, 1.807) is 12.1 Å². The van der Waals surface area contributed by atoms with E-state index in [2.05, 4.69) is 10.6 Å². The molecule has 0 fully saturated rings. The van der Waals surface area contributed by atoms with Gasteiger partial charge in [0.15, 0.2) is 0 Å². The third-order valence-electron chi connectivity index (χ3n) is 2.44. The van der Waals surface area contributed by atoms with Crippen LogP contribution in [0.3, 0.4) is 0 Å². The number of carboxylic acids is 1. The van der Waals surface area contributed by atoms with E-state index in [4.69, 9.17) is 26.6 Å². The van der Waals surface area contributed by atoms with E-state index in [1.807, 2.05) is 0 Å². The van der Waals surface area contributed by atoms with Crippen LogP contribution in [0, 0.1) is 0 Å². The lowest BCUT2D eigenvalue weighted by molar-refractivity contribution is -0.139. The van der Waals surface area contributed by atoms with Crippen molar-refractivity contribution in [3.8, 4) is 5.75 Å². The van der Waals surface area contributed by atoms with Gasteiger partial charge in [0.1, 0.15) is 11.8 Å². The van der Waals surface area contributed by atoms with E-state index in [-0.39, 0.29) is 23.7 Å². The third kappa shape index (κ3) is 4.60. The molecular weight excluding hydrogens is 288 g/mol. The van der Waals surface area contributed by atoms with Crippen molar-refractivity contribution in [2.24, 2.45) is 0 Å². The smallest absolute Gasteiger partial charge is 0.326 e. The summed E-state index contributed by atoms with van der Waals surface area (Å²) < 4.78 is 4.99. The number of aliphatic hydroxyl groups excluding tert-OH is 1. The monoisotopic (exact) mass is 302 g/mol. The number of amides is 2. The third-order valence-corrected chi connectivity index (χ3v) is 2.77. The highest BCUT2D eigenvalue weighted by Gasteiger charge is 2.19. The van der Waals surface area contributed by atoms with Gasteiger partial charge >= 0.3 is 12.0 Å². The first-order valence-electron chi connectivity index (χ1n) is 5.72. The predicted octanol–water partition coefficient (Wildman–Crippen LogP) is 1.31. The molecule has 0 bridgehead atoms. The first-order chi connectivity index (χ1) is 9.47. The van der Waals surface area contributed by atoms with Crippen LogP contribution in [0.4, 0.5) is 10.5 Å². The van der Waals surface area contributed by atoms with Crippen molar-refractivity contribution >= 4 is 29.3 Å². The maximum atomic E-state index is 11.7. The number of nitrogens with one attached hydrogen (secondary N) is 2. The van der Waals surface area contributed by atoms with Gasteiger partial charge in [0.2, 0.25) is 0 Å². The fourth-order valence-corrected chi connectivity index (χ4v) is 1.60. The zero-order chi connectivity index (χ0) is 15.1. The molecule has 7 nitrogen and oxygen atoms in total. The molecule has 20 heavy (non-hydrogen) atoms. The van der Waals surface area contributed by atoms with E-state index in [0.717, 1.165) is 0 Å². The lowest BCUT2D eigenvalue weighted by Crippen LogP contribution is -2.43. The number of urea groups is 1. The van der Waals surface area contributed by atoms with Crippen molar-refractivity contribution in [3.63, 3.8) is 0 Å². The van der Waals surface area contributed by atoms with Crippen molar-refractivity contribution in [2.45, 2.75) is 12.5 Å². The molecule has 4 N–H and O–H groups in total. The summed E-state index contributed by atoms with van der Waals surface area (Å²) >= 11 is 5.90. The van der Waals surface area contributed by atoms with Crippen LogP contribution in [0.15, 0.2) is 18.2 Å². The molecule has 110 valence electrons. The Morgan fingerprint density at radius 3 is 2.70 bits per heavy atom. The van der Waals surface area contributed by atoms with Crippen LogP contribution in [-0.2, 0) is 4.79 Å². The van der Waals surface area contributed by atoms with Crippen LogP contribution < -0.4 is 15.4 Å². The van der Waals surface area contributed by atoms with E-state index >= 15 is 0 Å². The Balaban J connectivity index is 2.72. The predicted molar refractivity (Wildman–Crippen MR) is 73.3 cm³/mol. The Bertz CT molecular complexity index is 495. The van der Waals surface area contributed by atoms with Crippen molar-refractivity contribution in [1.29, 1.82) is 0 Å². The standard InChI is InChI=1S/C12H15ClN2O5/c1-20-7-2-3-8(13)10(6-7)15-12(19)14-9(4-5-16)11(17)18/h2-3,6,9,16H,4-5H2,1H3,(H,17,18)(H2,14,15,19). The summed E-state index contributed by atoms with van der Waals surface area (Å²) in [4.78, 5) is 22.5. The van der Waals surface area contributed by atoms with Crippen LogP contribution in [0.5, 0.6) is 5.75 Å². The summed E-state index contributed by atoms with van der Waals surface area (Å²) in [5.41, 5.74) is 0.289. The zero-order valence-electron chi connectivity index (χ0n) is 10.7. The van der Waals surface area contributed by atoms with Crippen molar-refractivity contribution in [1.82, 2.24) is 5.32 Å². The molecule has 2 amide bonds. The Hall–Kier alpha value is -1.99. The molecule has 0 aliphatic rings. The first-order valence-corrected chi connectivity index (χ1v) is 6.10. The fraction of sp³-hybridized carbons (Fsp3) is 0.333. The van der Waals surface area contributed by atoms with Gasteiger partial charge in [0.25, 0.3) is 0 Å². The van der Waals surface area contributed by atoms with Gasteiger partial charge in [-0.15, -0.1) is 0 Å². The minimum absolute atomic E-state index is 0.0887. The maximum absolute atomic E-state index is 11.7. The second-order valence-corrected chi connectivity index (χ2v) is 4.25. The van der Waals surface area contributed by atoms with Gasteiger partial charge in [0.05, 0.1) is 17.8 Å². The van der Waals surface area contributed by atoms with Gasteiger partial charge < -0.3 is 25.6 Å². The van der Waals surface area contributed by atoms with E-state index in [1.165, 1.54) is 13.2 Å². The number of ether oxygens (including phenoxy) is 1. The molecule has 0 aromatic heterocycles. The quantitative estimate of drug-likeness (QED) is 0.633. The van der Waals surface area contributed by atoms with Crippen LogP contribution in [0.25, 0.3) is 0 Å². The molecular formula is C12H15ClN2O5. The number of carbonyl (C=O) groups is 2. The minimum Gasteiger partial charge on any atom is -0.497 e. The molecule has 1 unspecified atom stereocenters. The van der Waals surface area contributed by atoms with Gasteiger partial charge in [-0.05, 0) is 12.1 Å². The number of benzene rings is 1. The molecule has 8 heteroatoms. The molecule has 0 radical (unpaired) electrons. The molecule has 0 saturated carbocycles. The molecule has 0 saturated heterocycles. The van der Waals surface area contributed by atoms with Gasteiger partial charge in [-0.25, -0.2) is 9.59 Å². The lowest BCUT2D eigenvalue weighted by atomic mass is 10.2. The average Bonchev–Trinajstić information content (AvgIpc) is 2.40. The van der Waals surface area contributed by atoms with Crippen LogP contribution in [0.2, 0.25) is 5.02 Å². The minimum atomic E-state index is -1.23. The topological polar surface area (TPSA) is 108 Å². The van der Waals surface area contributed by atoms with Crippen LogP contribution in [0.1, 0.15) is 6.42 Å². The fourth-order valence-electron chi connectivity index (χ4n) is 1.43. The summed E-state index contributed by atoms with van der Waals surface area (Å²) in [7, 11) is 1.47. The summed E-state index contributed by atoms with van der Waals surface area (Å²) in [6.07, 6.45) is -0.0887. The number of carbonyl (C=O) groups excluding carboxylic acids is 1. The average molecular weight is 303 g/mol. The van der Waals surface area contributed by atoms with Gasteiger partial charge in [-0.2, -0.15) is 0 Å². The number of methoxy groups -OCH3 is 1. The van der Waals surface area contributed by atoms with Crippen molar-refractivity contribution in [3.05, 3.63) is 23.2 Å². The van der Waals surface area contributed by atoms with E-state index in [0.29, 0.717) is 5.75 Å². The summed E-state index contributed by atoms with van der Waals surface area (Å²) in [5.74, 6) is -0.735. The van der Waals surface area contributed by atoms with Gasteiger partial charge in [0, 0.05) is 19.1 Å². The number of hydrogen-bond acceptors (Lipinski definition) is 4. The second-order valence-electron chi connectivity index (χ2n) is 3.85.